The summed E-state index contributed by atoms with van der Waals surface area (Å²) in [7, 11) is 3.58. The van der Waals surface area contributed by atoms with Crippen molar-refractivity contribution in [3.63, 3.8) is 0 Å². The number of nitrogens with zero attached hydrogens (tertiary/aromatic N) is 4. The average molecular weight is 384 g/mol. The van der Waals surface area contributed by atoms with E-state index in [1.54, 1.807) is 13.3 Å². The second-order valence-electron chi connectivity index (χ2n) is 7.85. The molecule has 7 heteroatoms. The predicted molar refractivity (Wildman–Crippen MR) is 105 cm³/mol. The summed E-state index contributed by atoms with van der Waals surface area (Å²) < 4.78 is 13.4. The zero-order valence-electron chi connectivity index (χ0n) is 16.6. The maximum Gasteiger partial charge on any atom is 0.248 e. The molecule has 1 amide bonds. The number of ether oxygens (including phenoxy) is 2. The van der Waals surface area contributed by atoms with Gasteiger partial charge in [-0.25, -0.2) is 0 Å². The minimum atomic E-state index is -0.162. The summed E-state index contributed by atoms with van der Waals surface area (Å²) in [5.41, 5.74) is 2.24. The first-order valence-corrected chi connectivity index (χ1v) is 9.80. The molecule has 7 nitrogen and oxygen atoms in total. The molecule has 0 saturated carbocycles. The number of piperidine rings is 1. The summed E-state index contributed by atoms with van der Waals surface area (Å²) in [6.45, 7) is 4.47. The Kier molecular flexibility index (Phi) is 5.37. The number of benzene rings is 1. The normalized spacial score (nSPS) is 19.9. The number of morpholine rings is 1. The van der Waals surface area contributed by atoms with Gasteiger partial charge in [0.25, 0.3) is 0 Å². The maximum atomic E-state index is 11.7. The lowest BCUT2D eigenvalue weighted by Gasteiger charge is -2.46. The number of rotatable bonds is 5. The summed E-state index contributed by atoms with van der Waals surface area (Å²) >= 11 is 0. The van der Waals surface area contributed by atoms with E-state index >= 15 is 0 Å². The zero-order chi connectivity index (χ0) is 19.6. The lowest BCUT2D eigenvalue weighted by Crippen LogP contribution is -2.57. The van der Waals surface area contributed by atoms with Crippen LogP contribution >= 0.6 is 0 Å². The number of amides is 1. The summed E-state index contributed by atoms with van der Waals surface area (Å²) in [5, 5.41) is 4.30. The topological polar surface area (TPSA) is 59.8 Å². The van der Waals surface area contributed by atoms with Gasteiger partial charge in [0.1, 0.15) is 12.4 Å². The molecule has 0 unspecified atom stereocenters. The van der Waals surface area contributed by atoms with E-state index in [4.69, 9.17) is 9.47 Å². The molecule has 2 aromatic rings. The molecule has 1 aromatic carbocycles. The van der Waals surface area contributed by atoms with Crippen LogP contribution in [0.5, 0.6) is 5.75 Å². The van der Waals surface area contributed by atoms with Gasteiger partial charge < -0.3 is 14.4 Å². The Morgan fingerprint density at radius 2 is 2.07 bits per heavy atom. The van der Waals surface area contributed by atoms with Crippen LogP contribution in [0.15, 0.2) is 36.7 Å². The van der Waals surface area contributed by atoms with E-state index in [0.29, 0.717) is 13.1 Å². The largest absolute Gasteiger partial charge is 0.496 e. The first-order chi connectivity index (χ1) is 13.6. The highest BCUT2D eigenvalue weighted by molar-refractivity contribution is 5.78. The molecule has 0 aliphatic carbocycles. The quantitative estimate of drug-likeness (QED) is 0.786. The van der Waals surface area contributed by atoms with E-state index in [-0.39, 0.29) is 18.1 Å². The average Bonchev–Trinajstić information content (AvgIpc) is 3.21. The molecule has 150 valence electrons. The Morgan fingerprint density at radius 1 is 1.25 bits per heavy atom. The van der Waals surface area contributed by atoms with Crippen LogP contribution < -0.4 is 4.74 Å². The molecule has 2 aliphatic rings. The molecule has 4 rings (SSSR count). The fourth-order valence-corrected chi connectivity index (χ4v) is 4.19. The number of likely N-dealkylation sites (tertiary alicyclic amines) is 1. The Labute approximate surface area is 165 Å². The third kappa shape index (κ3) is 4.05. The molecular formula is C21H28N4O3. The number of carbonyl (C=O) groups excluding carboxylic acids is 1. The van der Waals surface area contributed by atoms with Crippen molar-refractivity contribution in [1.82, 2.24) is 19.6 Å². The smallest absolute Gasteiger partial charge is 0.248 e. The number of hydrogen-bond acceptors (Lipinski definition) is 5. The molecule has 0 atom stereocenters. The Morgan fingerprint density at radius 3 is 2.75 bits per heavy atom. The number of likely N-dealkylation sites (N-methyl/N-ethyl adjacent to an activating group) is 1. The van der Waals surface area contributed by atoms with Crippen molar-refractivity contribution in [2.24, 2.45) is 0 Å². The first kappa shape index (κ1) is 19.0. The van der Waals surface area contributed by atoms with Crippen LogP contribution in [0.4, 0.5) is 0 Å². The van der Waals surface area contributed by atoms with Crippen molar-refractivity contribution < 1.29 is 14.3 Å². The van der Waals surface area contributed by atoms with Crippen molar-refractivity contribution in [3.05, 3.63) is 47.8 Å². The van der Waals surface area contributed by atoms with E-state index < -0.39 is 0 Å². The van der Waals surface area contributed by atoms with E-state index in [2.05, 4.69) is 22.1 Å². The van der Waals surface area contributed by atoms with Crippen LogP contribution in [0.3, 0.4) is 0 Å². The van der Waals surface area contributed by atoms with Crippen molar-refractivity contribution in [3.8, 4) is 5.75 Å². The van der Waals surface area contributed by atoms with Gasteiger partial charge in [-0.2, -0.15) is 5.10 Å². The van der Waals surface area contributed by atoms with E-state index in [9.17, 15) is 4.79 Å². The van der Waals surface area contributed by atoms with Crippen molar-refractivity contribution in [2.75, 3.05) is 40.4 Å². The highest BCUT2D eigenvalue weighted by Gasteiger charge is 2.41. The SMILES string of the molecule is COc1ccc(CN2CCC3(CC2)CN(C)C(=O)CO3)cc1Cn1cccn1. The number of aromatic nitrogens is 2. The number of hydrogen-bond donors (Lipinski definition) is 0. The third-order valence-corrected chi connectivity index (χ3v) is 5.86. The predicted octanol–water partition coefficient (Wildman–Crippen LogP) is 1.76. The molecule has 0 N–H and O–H groups in total. The van der Waals surface area contributed by atoms with Gasteiger partial charge in [0, 0.05) is 51.2 Å². The summed E-state index contributed by atoms with van der Waals surface area (Å²) in [6, 6.07) is 8.33. The molecule has 0 bridgehead atoms. The maximum absolute atomic E-state index is 11.7. The van der Waals surface area contributed by atoms with Crippen LogP contribution in [0.25, 0.3) is 0 Å². The molecule has 28 heavy (non-hydrogen) atoms. The van der Waals surface area contributed by atoms with Crippen molar-refractivity contribution >= 4 is 5.91 Å². The van der Waals surface area contributed by atoms with Crippen LogP contribution in [-0.2, 0) is 22.6 Å². The lowest BCUT2D eigenvalue weighted by atomic mass is 9.89. The molecule has 3 heterocycles. The van der Waals surface area contributed by atoms with E-state index in [0.717, 1.165) is 43.8 Å². The fraction of sp³-hybridized carbons (Fsp3) is 0.524. The number of methoxy groups -OCH3 is 1. The van der Waals surface area contributed by atoms with Crippen molar-refractivity contribution in [2.45, 2.75) is 31.5 Å². The molecule has 1 aromatic heterocycles. The minimum absolute atomic E-state index is 0.0796. The summed E-state index contributed by atoms with van der Waals surface area (Å²) in [6.07, 6.45) is 5.67. The molecule has 0 radical (unpaired) electrons. The van der Waals surface area contributed by atoms with Gasteiger partial charge in [-0.05, 0) is 36.6 Å². The zero-order valence-corrected chi connectivity index (χ0v) is 16.6. The lowest BCUT2D eigenvalue weighted by molar-refractivity contribution is -0.169. The van der Waals surface area contributed by atoms with Gasteiger partial charge in [0.15, 0.2) is 0 Å². The highest BCUT2D eigenvalue weighted by Crippen LogP contribution is 2.31. The molecule has 1 spiro atoms. The second-order valence-corrected chi connectivity index (χ2v) is 7.85. The fourth-order valence-electron chi connectivity index (χ4n) is 4.19. The first-order valence-electron chi connectivity index (χ1n) is 9.80. The summed E-state index contributed by atoms with van der Waals surface area (Å²) in [4.78, 5) is 16.0. The van der Waals surface area contributed by atoms with Gasteiger partial charge in [-0.3, -0.25) is 14.4 Å². The Balaban J connectivity index is 1.39. The van der Waals surface area contributed by atoms with Crippen molar-refractivity contribution in [1.29, 1.82) is 0 Å². The van der Waals surface area contributed by atoms with Gasteiger partial charge in [0.05, 0.1) is 19.3 Å². The standard InChI is InChI=1S/C21H28N4O3/c1-23-16-21(28-15-20(23)26)6-10-24(11-7-21)13-17-4-5-19(27-2)18(12-17)14-25-9-3-8-22-25/h3-5,8-9,12H,6-7,10-11,13-16H2,1-2H3. The highest BCUT2D eigenvalue weighted by atomic mass is 16.5. The van der Waals surface area contributed by atoms with Gasteiger partial charge in [-0.1, -0.05) is 6.07 Å². The minimum Gasteiger partial charge on any atom is -0.496 e. The van der Waals surface area contributed by atoms with Crippen LogP contribution in [0.2, 0.25) is 0 Å². The number of carbonyl (C=O) groups is 1. The molecule has 2 fully saturated rings. The molecule has 2 aliphatic heterocycles. The van der Waals surface area contributed by atoms with Crippen LogP contribution in [-0.4, -0.2) is 71.5 Å². The Bertz CT molecular complexity index is 813. The van der Waals surface area contributed by atoms with Gasteiger partial charge in [0.2, 0.25) is 5.91 Å². The van der Waals surface area contributed by atoms with Crippen LogP contribution in [0.1, 0.15) is 24.0 Å². The van der Waals surface area contributed by atoms with Gasteiger partial charge in [-0.15, -0.1) is 0 Å². The summed E-state index contributed by atoms with van der Waals surface area (Å²) in [5.74, 6) is 0.969. The third-order valence-electron chi connectivity index (χ3n) is 5.86. The van der Waals surface area contributed by atoms with Gasteiger partial charge >= 0.3 is 0 Å². The Hall–Kier alpha value is -2.38. The monoisotopic (exact) mass is 384 g/mol. The molecular weight excluding hydrogens is 356 g/mol. The van der Waals surface area contributed by atoms with E-state index in [1.165, 1.54) is 5.56 Å². The van der Waals surface area contributed by atoms with Crippen LogP contribution in [0, 0.1) is 0 Å². The second kappa shape index (κ2) is 7.93. The molecule has 2 saturated heterocycles. The van der Waals surface area contributed by atoms with E-state index in [1.807, 2.05) is 35.0 Å².